The molecule has 0 aromatic carbocycles. The van der Waals surface area contributed by atoms with Gasteiger partial charge in [-0.25, -0.2) is 4.98 Å². The van der Waals surface area contributed by atoms with E-state index in [0.29, 0.717) is 24.7 Å². The molecule has 0 bridgehead atoms. The van der Waals surface area contributed by atoms with Gasteiger partial charge in [0.25, 0.3) is 0 Å². The largest absolute Gasteiger partial charge is 0.376 e. The number of hydrogen-bond acceptors (Lipinski definition) is 5. The highest BCUT2D eigenvalue weighted by molar-refractivity contribution is 5.61. The smallest absolute Gasteiger partial charge is 0.351 e. The van der Waals surface area contributed by atoms with Crippen LogP contribution in [0.5, 0.6) is 0 Å². The number of nitrogens with zero attached hydrogens (tertiary/aromatic N) is 4. The number of rotatable bonds is 5. The Hall–Kier alpha value is -2.44. The number of nitro groups is 1. The highest BCUT2D eigenvalue weighted by Gasteiger charge is 2.31. The summed E-state index contributed by atoms with van der Waals surface area (Å²) in [5.41, 5.74) is -0.645. The topological polar surface area (TPSA) is 80.8 Å². The zero-order valence-corrected chi connectivity index (χ0v) is 11.7. The van der Waals surface area contributed by atoms with E-state index < -0.39 is 16.2 Å². The van der Waals surface area contributed by atoms with Gasteiger partial charge in [-0.3, -0.25) is 19.3 Å². The highest BCUT2D eigenvalue weighted by Crippen LogP contribution is 2.32. The fourth-order valence-corrected chi connectivity index (χ4v) is 2.43. The zero-order chi connectivity index (χ0) is 15.0. The van der Waals surface area contributed by atoms with E-state index in [1.165, 1.54) is 10.6 Å². The Labute approximate surface area is 121 Å². The van der Waals surface area contributed by atoms with Crippen LogP contribution in [0.3, 0.4) is 0 Å². The van der Waals surface area contributed by atoms with Crippen molar-refractivity contribution in [3.05, 3.63) is 44.9 Å². The second kappa shape index (κ2) is 5.16. The van der Waals surface area contributed by atoms with E-state index in [1.54, 1.807) is 18.2 Å². The van der Waals surface area contributed by atoms with Crippen molar-refractivity contribution in [1.82, 2.24) is 9.38 Å². The molecule has 2 aromatic heterocycles. The lowest BCUT2D eigenvalue weighted by Gasteiger charge is -2.21. The van der Waals surface area contributed by atoms with Crippen molar-refractivity contribution in [1.29, 1.82) is 0 Å². The molecule has 1 fully saturated rings. The molecular formula is C14H16N4O3. The third kappa shape index (κ3) is 2.46. The first kappa shape index (κ1) is 13.5. The maximum atomic E-state index is 12.4. The average molecular weight is 288 g/mol. The van der Waals surface area contributed by atoms with Gasteiger partial charge in [-0.05, 0) is 37.8 Å². The molecule has 0 spiro atoms. The van der Waals surface area contributed by atoms with Crippen LogP contribution in [0.25, 0.3) is 5.65 Å². The van der Waals surface area contributed by atoms with Gasteiger partial charge < -0.3 is 4.90 Å². The summed E-state index contributed by atoms with van der Waals surface area (Å²) in [5, 5.41) is 11.3. The quantitative estimate of drug-likeness (QED) is 0.619. The summed E-state index contributed by atoms with van der Waals surface area (Å²) in [6.07, 6.45) is 3.77. The van der Waals surface area contributed by atoms with E-state index in [-0.39, 0.29) is 5.82 Å². The van der Waals surface area contributed by atoms with E-state index in [9.17, 15) is 14.9 Å². The number of hydrogen-bond donors (Lipinski definition) is 0. The van der Waals surface area contributed by atoms with Crippen LogP contribution < -0.4 is 10.5 Å². The Kier molecular flexibility index (Phi) is 3.32. The van der Waals surface area contributed by atoms with Gasteiger partial charge in [0, 0.05) is 19.3 Å². The minimum atomic E-state index is -0.630. The van der Waals surface area contributed by atoms with Crippen LogP contribution in [0.4, 0.5) is 11.5 Å². The van der Waals surface area contributed by atoms with Crippen molar-refractivity contribution in [2.75, 3.05) is 18.0 Å². The third-order valence-corrected chi connectivity index (χ3v) is 3.73. The number of aromatic nitrogens is 2. The SMILES string of the molecule is CCN(CC1CC1)c1nc2ccccn2c(=O)c1[N+](=O)[O-]. The Morgan fingerprint density at radius 2 is 2.24 bits per heavy atom. The van der Waals surface area contributed by atoms with Crippen LogP contribution in [0.15, 0.2) is 29.2 Å². The van der Waals surface area contributed by atoms with Crippen molar-refractivity contribution in [3.8, 4) is 0 Å². The first-order valence-electron chi connectivity index (χ1n) is 7.02. The predicted octanol–water partition coefficient (Wildman–Crippen LogP) is 1.84. The van der Waals surface area contributed by atoms with Crippen molar-refractivity contribution >= 4 is 17.2 Å². The lowest BCUT2D eigenvalue weighted by atomic mass is 10.3. The van der Waals surface area contributed by atoms with Gasteiger partial charge in [0.05, 0.1) is 4.92 Å². The second-order valence-electron chi connectivity index (χ2n) is 5.26. The second-order valence-corrected chi connectivity index (χ2v) is 5.26. The molecule has 2 heterocycles. The molecule has 0 radical (unpaired) electrons. The van der Waals surface area contributed by atoms with E-state index in [4.69, 9.17) is 0 Å². The molecule has 21 heavy (non-hydrogen) atoms. The van der Waals surface area contributed by atoms with Crippen molar-refractivity contribution < 1.29 is 4.92 Å². The normalized spacial score (nSPS) is 14.3. The summed E-state index contributed by atoms with van der Waals surface area (Å²) in [5.74, 6) is 0.742. The Bertz CT molecular complexity index is 751. The molecule has 0 unspecified atom stereocenters. The zero-order valence-electron chi connectivity index (χ0n) is 11.7. The average Bonchev–Trinajstić information content (AvgIpc) is 3.28. The summed E-state index contributed by atoms with van der Waals surface area (Å²) in [6, 6.07) is 5.09. The summed E-state index contributed by atoms with van der Waals surface area (Å²) >= 11 is 0. The summed E-state index contributed by atoms with van der Waals surface area (Å²) in [7, 11) is 0. The Morgan fingerprint density at radius 1 is 1.48 bits per heavy atom. The first-order valence-corrected chi connectivity index (χ1v) is 7.02. The van der Waals surface area contributed by atoms with Crippen LogP contribution in [-0.2, 0) is 0 Å². The van der Waals surface area contributed by atoms with E-state index in [2.05, 4.69) is 4.98 Å². The van der Waals surface area contributed by atoms with Gasteiger partial charge in [-0.2, -0.15) is 0 Å². The van der Waals surface area contributed by atoms with Crippen LogP contribution in [0.1, 0.15) is 19.8 Å². The van der Waals surface area contributed by atoms with Crippen LogP contribution in [-0.4, -0.2) is 27.4 Å². The Balaban J connectivity index is 2.21. The van der Waals surface area contributed by atoms with Gasteiger partial charge in [-0.1, -0.05) is 6.07 Å². The lowest BCUT2D eigenvalue weighted by molar-refractivity contribution is -0.385. The molecule has 1 aliphatic rings. The van der Waals surface area contributed by atoms with E-state index in [1.807, 2.05) is 11.8 Å². The molecule has 2 aromatic rings. The highest BCUT2D eigenvalue weighted by atomic mass is 16.6. The summed E-state index contributed by atoms with van der Waals surface area (Å²) in [4.78, 5) is 29.3. The van der Waals surface area contributed by atoms with Gasteiger partial charge in [-0.15, -0.1) is 0 Å². The van der Waals surface area contributed by atoms with Gasteiger partial charge in [0.15, 0.2) is 0 Å². The Morgan fingerprint density at radius 3 is 2.86 bits per heavy atom. The monoisotopic (exact) mass is 288 g/mol. The van der Waals surface area contributed by atoms with Gasteiger partial charge >= 0.3 is 11.2 Å². The first-order chi connectivity index (χ1) is 10.1. The number of pyridine rings is 1. The minimum absolute atomic E-state index is 0.186. The van der Waals surface area contributed by atoms with Crippen LogP contribution >= 0.6 is 0 Å². The molecule has 0 atom stereocenters. The molecule has 0 aliphatic heterocycles. The molecule has 7 heteroatoms. The van der Waals surface area contributed by atoms with Gasteiger partial charge in [0.1, 0.15) is 5.65 Å². The fraction of sp³-hybridized carbons (Fsp3) is 0.429. The minimum Gasteiger partial charge on any atom is -0.351 e. The van der Waals surface area contributed by atoms with Gasteiger partial charge in [0.2, 0.25) is 5.82 Å². The maximum absolute atomic E-state index is 12.4. The maximum Gasteiger partial charge on any atom is 0.376 e. The van der Waals surface area contributed by atoms with Crippen molar-refractivity contribution in [2.45, 2.75) is 19.8 Å². The number of fused-ring (bicyclic) bond motifs is 1. The molecular weight excluding hydrogens is 272 g/mol. The molecule has 0 N–H and O–H groups in total. The molecule has 110 valence electrons. The van der Waals surface area contributed by atoms with E-state index in [0.717, 1.165) is 12.8 Å². The third-order valence-electron chi connectivity index (χ3n) is 3.73. The standard InChI is InChI=1S/C14H16N4O3/c1-2-16(9-10-6-7-10)13-12(18(20)21)14(19)17-8-4-3-5-11(17)15-13/h3-5,8,10H,2,6-7,9H2,1H3. The van der Waals surface area contributed by atoms with E-state index >= 15 is 0 Å². The van der Waals surface area contributed by atoms with Crippen LogP contribution in [0, 0.1) is 16.0 Å². The van der Waals surface area contributed by atoms with Crippen molar-refractivity contribution in [3.63, 3.8) is 0 Å². The summed E-state index contributed by atoms with van der Waals surface area (Å²) in [6.45, 7) is 3.22. The molecule has 0 saturated heterocycles. The van der Waals surface area contributed by atoms with Crippen molar-refractivity contribution in [2.24, 2.45) is 5.92 Å². The summed E-state index contributed by atoms with van der Waals surface area (Å²) < 4.78 is 1.21. The predicted molar refractivity (Wildman–Crippen MR) is 78.7 cm³/mol. The molecule has 0 amide bonds. The lowest BCUT2D eigenvalue weighted by Crippen LogP contribution is -2.30. The molecule has 1 saturated carbocycles. The fourth-order valence-electron chi connectivity index (χ4n) is 2.43. The van der Waals surface area contributed by atoms with Crippen LogP contribution in [0.2, 0.25) is 0 Å². The molecule has 3 rings (SSSR count). The molecule has 1 aliphatic carbocycles. The number of anilines is 1. The molecule has 7 nitrogen and oxygen atoms in total.